The molecule has 0 bridgehead atoms. The van der Waals surface area contributed by atoms with Crippen LogP contribution in [0.15, 0.2) is 115 Å². The third kappa shape index (κ3) is 6.65. The number of hydrogen-bond donors (Lipinski definition) is 1. The number of aliphatic carboxylic acids is 1. The Balaban J connectivity index is 1.29. The lowest BCUT2D eigenvalue weighted by atomic mass is 10.1. The predicted molar refractivity (Wildman–Crippen MR) is 163 cm³/mol. The number of ether oxygens (including phenoxy) is 3. The SMILES string of the molecule is Cn1nc(-c2ccc(OCc3ccccc3)nc2OCc2ccccc2)c2ccc(Oc3ccc(CC(=O)O)cc3)cc21. The Labute approximate surface area is 248 Å². The van der Waals surface area contributed by atoms with Gasteiger partial charge in [0.2, 0.25) is 11.8 Å². The molecule has 0 aliphatic carbocycles. The van der Waals surface area contributed by atoms with Crippen LogP contribution in [0.3, 0.4) is 0 Å². The summed E-state index contributed by atoms with van der Waals surface area (Å²) in [5, 5.41) is 14.7. The van der Waals surface area contributed by atoms with Gasteiger partial charge in [0.25, 0.3) is 0 Å². The molecule has 0 atom stereocenters. The molecule has 0 amide bonds. The van der Waals surface area contributed by atoms with Gasteiger partial charge in [0, 0.05) is 24.6 Å². The molecule has 4 aromatic carbocycles. The standard InChI is InChI=1S/C35H29N3O5/c1-38-31-21-28(43-27-14-12-24(13-15-27)20-33(39)40)16-17-29(31)34(37-38)30-18-19-32(41-22-25-8-4-2-5-9-25)36-35(30)42-23-26-10-6-3-7-11-26/h2-19,21H,20,22-23H2,1H3,(H,39,40). The van der Waals surface area contributed by atoms with Crippen LogP contribution in [0, 0.1) is 0 Å². The first-order valence-corrected chi connectivity index (χ1v) is 13.8. The molecule has 1 N–H and O–H groups in total. The van der Waals surface area contributed by atoms with Crippen molar-refractivity contribution in [1.82, 2.24) is 14.8 Å². The molecule has 8 nitrogen and oxygen atoms in total. The summed E-state index contributed by atoms with van der Waals surface area (Å²) in [5.41, 5.74) is 5.12. The first-order valence-electron chi connectivity index (χ1n) is 13.8. The highest BCUT2D eigenvalue weighted by Gasteiger charge is 2.18. The van der Waals surface area contributed by atoms with Crippen LogP contribution in [-0.2, 0) is 31.5 Å². The van der Waals surface area contributed by atoms with Gasteiger partial charge in [-0.3, -0.25) is 9.48 Å². The van der Waals surface area contributed by atoms with Gasteiger partial charge in [0.1, 0.15) is 30.4 Å². The van der Waals surface area contributed by atoms with Crippen LogP contribution in [0.1, 0.15) is 16.7 Å². The number of hydrogen-bond acceptors (Lipinski definition) is 6. The van der Waals surface area contributed by atoms with Crippen LogP contribution in [-0.4, -0.2) is 25.8 Å². The van der Waals surface area contributed by atoms with Gasteiger partial charge < -0.3 is 19.3 Å². The summed E-state index contributed by atoms with van der Waals surface area (Å²) < 4.78 is 20.1. The van der Waals surface area contributed by atoms with E-state index < -0.39 is 5.97 Å². The molecule has 0 aliphatic heterocycles. The molecule has 0 unspecified atom stereocenters. The first kappa shape index (κ1) is 27.5. The van der Waals surface area contributed by atoms with Gasteiger partial charge in [0.15, 0.2) is 0 Å². The lowest BCUT2D eigenvalue weighted by Gasteiger charge is -2.12. The fraction of sp³-hybridized carbons (Fsp3) is 0.114. The van der Waals surface area contributed by atoms with Gasteiger partial charge in [-0.15, -0.1) is 0 Å². The second kappa shape index (κ2) is 12.5. The lowest BCUT2D eigenvalue weighted by molar-refractivity contribution is -0.136. The summed E-state index contributed by atoms with van der Waals surface area (Å²) in [4.78, 5) is 15.7. The zero-order chi connectivity index (χ0) is 29.6. The predicted octanol–water partition coefficient (Wildman–Crippen LogP) is 7.21. The number of benzene rings is 4. The smallest absolute Gasteiger partial charge is 0.307 e. The molecule has 0 radical (unpaired) electrons. The maximum Gasteiger partial charge on any atom is 0.307 e. The van der Waals surface area contributed by atoms with Crippen molar-refractivity contribution in [3.63, 3.8) is 0 Å². The van der Waals surface area contributed by atoms with Crippen molar-refractivity contribution >= 4 is 16.9 Å². The molecule has 214 valence electrons. The number of nitrogens with zero attached hydrogens (tertiary/aromatic N) is 3. The van der Waals surface area contributed by atoms with Crippen LogP contribution >= 0.6 is 0 Å². The molecular formula is C35H29N3O5. The Morgan fingerprint density at radius 2 is 1.40 bits per heavy atom. The number of rotatable bonds is 11. The third-order valence-corrected chi connectivity index (χ3v) is 6.88. The average Bonchev–Trinajstić information content (AvgIpc) is 3.36. The molecule has 0 spiro atoms. The molecule has 2 aromatic heterocycles. The Hall–Kier alpha value is -5.63. The van der Waals surface area contributed by atoms with E-state index in [4.69, 9.17) is 29.4 Å². The van der Waals surface area contributed by atoms with Gasteiger partial charge in [-0.05, 0) is 47.0 Å². The molecule has 6 aromatic rings. The topological polar surface area (TPSA) is 95.7 Å². The number of aryl methyl sites for hydroxylation is 1. The van der Waals surface area contributed by atoms with Crippen molar-refractivity contribution in [2.45, 2.75) is 19.6 Å². The van der Waals surface area contributed by atoms with E-state index in [0.29, 0.717) is 42.0 Å². The molecule has 43 heavy (non-hydrogen) atoms. The minimum atomic E-state index is -0.871. The minimum Gasteiger partial charge on any atom is -0.481 e. The second-order valence-corrected chi connectivity index (χ2v) is 10.0. The number of fused-ring (bicyclic) bond motifs is 1. The zero-order valence-corrected chi connectivity index (χ0v) is 23.5. The summed E-state index contributed by atoms with van der Waals surface area (Å²) in [5.74, 6) is 1.26. The van der Waals surface area contributed by atoms with Crippen molar-refractivity contribution in [3.8, 4) is 34.5 Å². The van der Waals surface area contributed by atoms with E-state index in [0.717, 1.165) is 33.3 Å². The Kier molecular flexibility index (Phi) is 7.99. The van der Waals surface area contributed by atoms with E-state index >= 15 is 0 Å². The highest BCUT2D eigenvalue weighted by Crippen LogP contribution is 2.37. The van der Waals surface area contributed by atoms with Crippen LogP contribution in [0.25, 0.3) is 22.2 Å². The Bertz CT molecular complexity index is 1850. The van der Waals surface area contributed by atoms with Gasteiger partial charge in [0.05, 0.1) is 17.5 Å². The normalized spacial score (nSPS) is 10.9. The highest BCUT2D eigenvalue weighted by molar-refractivity contribution is 5.95. The summed E-state index contributed by atoms with van der Waals surface area (Å²) in [6, 6.07) is 36.4. The summed E-state index contributed by atoms with van der Waals surface area (Å²) >= 11 is 0. The van der Waals surface area contributed by atoms with Crippen molar-refractivity contribution in [2.75, 3.05) is 0 Å². The highest BCUT2D eigenvalue weighted by atomic mass is 16.5. The van der Waals surface area contributed by atoms with E-state index in [9.17, 15) is 4.79 Å². The Morgan fingerprint density at radius 3 is 2.07 bits per heavy atom. The summed E-state index contributed by atoms with van der Waals surface area (Å²) in [6.45, 7) is 0.736. The fourth-order valence-corrected chi connectivity index (χ4v) is 4.74. The third-order valence-electron chi connectivity index (χ3n) is 6.88. The van der Waals surface area contributed by atoms with Gasteiger partial charge in [-0.1, -0.05) is 72.8 Å². The Morgan fingerprint density at radius 1 is 0.744 bits per heavy atom. The fourth-order valence-electron chi connectivity index (χ4n) is 4.74. The minimum absolute atomic E-state index is 0.0317. The largest absolute Gasteiger partial charge is 0.481 e. The van der Waals surface area contributed by atoms with Gasteiger partial charge in [-0.2, -0.15) is 10.1 Å². The van der Waals surface area contributed by atoms with Crippen molar-refractivity contribution in [1.29, 1.82) is 0 Å². The molecular weight excluding hydrogens is 542 g/mol. The van der Waals surface area contributed by atoms with Crippen molar-refractivity contribution in [3.05, 3.63) is 132 Å². The number of aromatic nitrogens is 3. The number of carbonyl (C=O) groups is 1. The van der Waals surface area contributed by atoms with E-state index in [1.807, 2.05) is 98.0 Å². The van der Waals surface area contributed by atoms with E-state index in [1.54, 1.807) is 28.9 Å². The maximum atomic E-state index is 11.0. The average molecular weight is 572 g/mol. The van der Waals surface area contributed by atoms with Crippen LogP contribution in [0.4, 0.5) is 0 Å². The quantitative estimate of drug-likeness (QED) is 0.176. The second-order valence-electron chi connectivity index (χ2n) is 10.0. The molecule has 0 saturated carbocycles. The van der Waals surface area contributed by atoms with E-state index in [-0.39, 0.29) is 6.42 Å². The van der Waals surface area contributed by atoms with Crippen LogP contribution < -0.4 is 14.2 Å². The zero-order valence-electron chi connectivity index (χ0n) is 23.5. The first-order chi connectivity index (χ1) is 21.0. The number of carboxylic acids is 1. The monoisotopic (exact) mass is 571 g/mol. The number of pyridine rings is 1. The molecule has 6 rings (SSSR count). The van der Waals surface area contributed by atoms with Crippen LogP contribution in [0.2, 0.25) is 0 Å². The molecule has 8 heteroatoms. The molecule has 2 heterocycles. The van der Waals surface area contributed by atoms with Crippen molar-refractivity contribution < 1.29 is 24.1 Å². The molecule has 0 aliphatic rings. The van der Waals surface area contributed by atoms with Crippen molar-refractivity contribution in [2.24, 2.45) is 7.05 Å². The summed E-state index contributed by atoms with van der Waals surface area (Å²) in [7, 11) is 1.88. The van der Waals surface area contributed by atoms with Gasteiger partial charge >= 0.3 is 5.97 Å². The van der Waals surface area contributed by atoms with E-state index in [1.165, 1.54) is 0 Å². The number of carboxylic acid groups (broad SMARTS) is 1. The molecule has 0 saturated heterocycles. The van der Waals surface area contributed by atoms with Gasteiger partial charge in [-0.25, -0.2) is 0 Å². The van der Waals surface area contributed by atoms with Crippen LogP contribution in [0.5, 0.6) is 23.3 Å². The van der Waals surface area contributed by atoms with E-state index in [2.05, 4.69) is 0 Å². The lowest BCUT2D eigenvalue weighted by Crippen LogP contribution is -2.02. The maximum absolute atomic E-state index is 11.0. The molecule has 0 fully saturated rings. The summed E-state index contributed by atoms with van der Waals surface area (Å²) in [6.07, 6.45) is -0.0317.